The second-order valence-corrected chi connectivity index (χ2v) is 5.35. The van der Waals surface area contributed by atoms with E-state index in [1.54, 1.807) is 4.80 Å². The summed E-state index contributed by atoms with van der Waals surface area (Å²) in [6.07, 6.45) is 0. The van der Waals surface area contributed by atoms with Gasteiger partial charge in [-0.1, -0.05) is 26.0 Å². The van der Waals surface area contributed by atoms with Crippen molar-refractivity contribution in [3.63, 3.8) is 0 Å². The van der Waals surface area contributed by atoms with Crippen LogP contribution in [0.2, 0.25) is 0 Å². The largest absolute Gasteiger partial charge is 0.492 e. The van der Waals surface area contributed by atoms with Crippen LogP contribution in [-0.4, -0.2) is 46.1 Å². The van der Waals surface area contributed by atoms with Crippen LogP contribution in [0.25, 0.3) is 16.7 Å². The normalized spacial score (nSPS) is 10.8. The minimum atomic E-state index is 0. The minimum Gasteiger partial charge on any atom is -0.492 e. The maximum absolute atomic E-state index is 5.80. The standard InChI is InChI=1S/C18H22N4O.ClH/c1-3-21(4-2)13-14-23-16-11-9-15(10-12-16)22-19-17-7-5-6-8-18(17)20-22;/h5-12H,3-4,13-14H2,1-2H3;1H. The van der Waals surface area contributed by atoms with Crippen molar-refractivity contribution in [2.24, 2.45) is 0 Å². The molecule has 0 bridgehead atoms. The first-order valence-electron chi connectivity index (χ1n) is 8.08. The SMILES string of the molecule is CCN(CC)CCOc1ccc(-n2nc3ccccc3n2)cc1.Cl. The molecule has 0 aliphatic heterocycles. The van der Waals surface area contributed by atoms with Gasteiger partial charge in [0.1, 0.15) is 23.4 Å². The first kappa shape index (κ1) is 18.2. The average molecular weight is 347 g/mol. The van der Waals surface area contributed by atoms with E-state index >= 15 is 0 Å². The van der Waals surface area contributed by atoms with Gasteiger partial charge in [0.25, 0.3) is 0 Å². The fourth-order valence-corrected chi connectivity index (χ4v) is 2.48. The molecule has 0 fully saturated rings. The Bertz CT molecular complexity index is 720. The summed E-state index contributed by atoms with van der Waals surface area (Å²) >= 11 is 0. The Labute approximate surface area is 148 Å². The van der Waals surface area contributed by atoms with Gasteiger partial charge in [0, 0.05) is 6.54 Å². The number of benzene rings is 2. The van der Waals surface area contributed by atoms with Crippen LogP contribution in [0.5, 0.6) is 5.75 Å². The van der Waals surface area contributed by atoms with Gasteiger partial charge in [0.2, 0.25) is 0 Å². The molecule has 0 amide bonds. The summed E-state index contributed by atoms with van der Waals surface area (Å²) in [5.74, 6) is 0.873. The van der Waals surface area contributed by atoms with Gasteiger partial charge in [-0.15, -0.1) is 22.6 Å². The van der Waals surface area contributed by atoms with Crippen molar-refractivity contribution in [1.82, 2.24) is 19.9 Å². The maximum atomic E-state index is 5.80. The molecule has 24 heavy (non-hydrogen) atoms. The topological polar surface area (TPSA) is 43.2 Å². The summed E-state index contributed by atoms with van der Waals surface area (Å²) in [7, 11) is 0. The Kier molecular flexibility index (Phi) is 6.58. The summed E-state index contributed by atoms with van der Waals surface area (Å²) in [6.45, 7) is 8.08. The van der Waals surface area contributed by atoms with Crippen LogP contribution < -0.4 is 4.74 Å². The highest BCUT2D eigenvalue weighted by atomic mass is 35.5. The van der Waals surface area contributed by atoms with E-state index in [-0.39, 0.29) is 12.4 Å². The summed E-state index contributed by atoms with van der Waals surface area (Å²) in [5, 5.41) is 8.96. The smallest absolute Gasteiger partial charge is 0.119 e. The highest BCUT2D eigenvalue weighted by Crippen LogP contribution is 2.16. The van der Waals surface area contributed by atoms with E-state index in [4.69, 9.17) is 4.74 Å². The van der Waals surface area contributed by atoms with Crippen molar-refractivity contribution in [3.05, 3.63) is 48.5 Å². The van der Waals surface area contributed by atoms with Crippen LogP contribution in [-0.2, 0) is 0 Å². The maximum Gasteiger partial charge on any atom is 0.119 e. The predicted molar refractivity (Wildman–Crippen MR) is 99.4 cm³/mol. The number of rotatable bonds is 7. The van der Waals surface area contributed by atoms with Gasteiger partial charge in [-0.25, -0.2) is 0 Å². The van der Waals surface area contributed by atoms with E-state index in [9.17, 15) is 0 Å². The molecule has 5 nitrogen and oxygen atoms in total. The Morgan fingerprint density at radius 1 is 0.917 bits per heavy atom. The molecule has 0 spiro atoms. The van der Waals surface area contributed by atoms with Crippen molar-refractivity contribution >= 4 is 23.4 Å². The van der Waals surface area contributed by atoms with Crippen LogP contribution in [0.15, 0.2) is 48.5 Å². The van der Waals surface area contributed by atoms with Crippen molar-refractivity contribution < 1.29 is 4.74 Å². The number of ether oxygens (including phenoxy) is 1. The fraction of sp³-hybridized carbons (Fsp3) is 0.333. The second-order valence-electron chi connectivity index (χ2n) is 5.35. The lowest BCUT2D eigenvalue weighted by atomic mass is 10.3. The van der Waals surface area contributed by atoms with Gasteiger partial charge in [0.15, 0.2) is 0 Å². The molecule has 0 aliphatic rings. The van der Waals surface area contributed by atoms with Crippen LogP contribution >= 0.6 is 12.4 Å². The molecule has 0 N–H and O–H groups in total. The predicted octanol–water partition coefficient (Wildman–Crippen LogP) is 3.56. The quantitative estimate of drug-likeness (QED) is 0.656. The molecule has 3 rings (SSSR count). The summed E-state index contributed by atoms with van der Waals surface area (Å²) in [5.41, 5.74) is 2.72. The molecule has 2 aromatic carbocycles. The molecule has 6 heteroatoms. The Morgan fingerprint density at radius 3 is 2.04 bits per heavy atom. The third kappa shape index (κ3) is 4.24. The molecule has 0 unspecified atom stereocenters. The van der Waals surface area contributed by atoms with E-state index in [0.29, 0.717) is 6.61 Å². The third-order valence-electron chi connectivity index (χ3n) is 3.92. The van der Waals surface area contributed by atoms with Crippen molar-refractivity contribution in [1.29, 1.82) is 0 Å². The zero-order valence-corrected chi connectivity index (χ0v) is 14.9. The molecule has 128 valence electrons. The lowest BCUT2D eigenvalue weighted by Crippen LogP contribution is -2.27. The molecule has 0 radical (unpaired) electrons. The molecule has 0 saturated carbocycles. The molecule has 1 heterocycles. The molecule has 1 aromatic heterocycles. The summed E-state index contributed by atoms with van der Waals surface area (Å²) in [6, 6.07) is 15.7. The molecular formula is C18H23ClN4O. The monoisotopic (exact) mass is 346 g/mol. The highest BCUT2D eigenvalue weighted by Gasteiger charge is 2.04. The van der Waals surface area contributed by atoms with Gasteiger partial charge in [-0.2, -0.15) is 4.80 Å². The number of halogens is 1. The first-order valence-corrected chi connectivity index (χ1v) is 8.08. The fourth-order valence-electron chi connectivity index (χ4n) is 2.48. The van der Waals surface area contributed by atoms with E-state index in [1.165, 1.54) is 0 Å². The number of likely N-dealkylation sites (N-methyl/N-ethyl adjacent to an activating group) is 1. The molecule has 0 saturated heterocycles. The molecule has 0 atom stereocenters. The first-order chi connectivity index (χ1) is 11.3. The van der Waals surface area contributed by atoms with Crippen LogP contribution in [0.3, 0.4) is 0 Å². The van der Waals surface area contributed by atoms with Gasteiger partial charge >= 0.3 is 0 Å². The second kappa shape index (κ2) is 8.66. The van der Waals surface area contributed by atoms with Crippen molar-refractivity contribution in [3.8, 4) is 11.4 Å². The lowest BCUT2D eigenvalue weighted by molar-refractivity contribution is 0.223. The Morgan fingerprint density at radius 2 is 1.50 bits per heavy atom. The number of nitrogens with zero attached hydrogens (tertiary/aromatic N) is 4. The zero-order valence-electron chi connectivity index (χ0n) is 14.1. The lowest BCUT2D eigenvalue weighted by Gasteiger charge is -2.18. The zero-order chi connectivity index (χ0) is 16.1. The van der Waals surface area contributed by atoms with Crippen LogP contribution in [0, 0.1) is 0 Å². The van der Waals surface area contributed by atoms with E-state index < -0.39 is 0 Å². The molecule has 0 aliphatic carbocycles. The van der Waals surface area contributed by atoms with Crippen molar-refractivity contribution in [2.45, 2.75) is 13.8 Å². The van der Waals surface area contributed by atoms with Gasteiger partial charge < -0.3 is 9.64 Å². The number of hydrogen-bond acceptors (Lipinski definition) is 4. The number of fused-ring (bicyclic) bond motifs is 1. The van der Waals surface area contributed by atoms with Gasteiger partial charge in [-0.05, 0) is 49.5 Å². The number of aromatic nitrogens is 3. The van der Waals surface area contributed by atoms with E-state index in [2.05, 4.69) is 28.9 Å². The third-order valence-corrected chi connectivity index (χ3v) is 3.92. The number of hydrogen-bond donors (Lipinski definition) is 0. The Hall–Kier alpha value is -2.11. The van der Waals surface area contributed by atoms with E-state index in [1.807, 2.05) is 48.5 Å². The summed E-state index contributed by atoms with van der Waals surface area (Å²) in [4.78, 5) is 4.00. The molecule has 3 aromatic rings. The highest BCUT2D eigenvalue weighted by molar-refractivity contribution is 5.85. The minimum absolute atomic E-state index is 0. The summed E-state index contributed by atoms with van der Waals surface area (Å²) < 4.78 is 5.80. The van der Waals surface area contributed by atoms with Gasteiger partial charge in [0.05, 0.1) is 5.69 Å². The average Bonchev–Trinajstić information content (AvgIpc) is 3.03. The Balaban J connectivity index is 0.00000208. The van der Waals surface area contributed by atoms with Crippen LogP contribution in [0.1, 0.15) is 13.8 Å². The van der Waals surface area contributed by atoms with Crippen LogP contribution in [0.4, 0.5) is 0 Å². The van der Waals surface area contributed by atoms with Crippen molar-refractivity contribution in [2.75, 3.05) is 26.2 Å². The van der Waals surface area contributed by atoms with Gasteiger partial charge in [-0.3, -0.25) is 0 Å². The van der Waals surface area contributed by atoms with E-state index in [0.717, 1.165) is 42.1 Å². The molecular weight excluding hydrogens is 324 g/mol.